The van der Waals surface area contributed by atoms with Crippen molar-refractivity contribution < 1.29 is 42.6 Å². The van der Waals surface area contributed by atoms with Gasteiger partial charge in [0.1, 0.15) is 12.4 Å². The minimum Gasteiger partial charge on any atom is -0.489 e. The van der Waals surface area contributed by atoms with Crippen LogP contribution in [0.5, 0.6) is 5.75 Å². The minimum atomic E-state index is -5.08. The Bertz CT molecular complexity index is 1310. The molecule has 4 N–H and O–H groups in total. The van der Waals surface area contributed by atoms with Gasteiger partial charge in [-0.1, -0.05) is 31.0 Å². The van der Waals surface area contributed by atoms with Gasteiger partial charge in [-0.3, -0.25) is 19.8 Å². The number of rotatable bonds is 6. The topological polar surface area (TPSA) is 138 Å². The van der Waals surface area contributed by atoms with Crippen LogP contribution in [0.3, 0.4) is 0 Å². The van der Waals surface area contributed by atoms with Crippen LogP contribution in [0.4, 0.5) is 13.2 Å². The molecule has 1 aliphatic carbocycles. The molecule has 208 valence electrons. The number of aromatic nitrogens is 1. The lowest BCUT2D eigenvalue weighted by Gasteiger charge is -2.30. The number of fused-ring (bicyclic) bond motifs is 1. The molecular weight excluding hydrogens is 519 g/mol. The number of aliphatic carboxylic acids is 1. The number of carbonyl (C=O) groups excluding carboxylic acids is 2. The fourth-order valence-electron chi connectivity index (χ4n) is 4.33. The average molecular weight is 548 g/mol. The third-order valence-electron chi connectivity index (χ3n) is 6.21. The smallest absolute Gasteiger partial charge is 0.489 e. The molecular formula is C27H28F3N3O6. The quantitative estimate of drug-likeness (QED) is 0.262. The zero-order chi connectivity index (χ0) is 28.6. The van der Waals surface area contributed by atoms with Crippen LogP contribution in [0.25, 0.3) is 10.9 Å². The number of ether oxygens (including phenoxy) is 1. The average Bonchev–Trinajstić information content (AvgIpc) is 2.91. The van der Waals surface area contributed by atoms with Crippen molar-refractivity contribution in [3.05, 3.63) is 71.4 Å². The van der Waals surface area contributed by atoms with Crippen LogP contribution >= 0.6 is 0 Å². The maximum atomic E-state index is 12.7. The molecule has 0 saturated heterocycles. The molecule has 0 spiro atoms. The standard InChI is InChI=1S/C25H27N3O4.C2HF3O2/c1-16-14-18(20-6-2-4-8-22(20)26-16)15-32-19-12-10-17(11-13-19)24(29)27-23-9-5-3-7-21(23)25(30)28-31;3-2(4,5)1(6)7/h2,4,6,8,10-14,21,23,31H,3,5,7,9,15H2,1H3,(H,27,29)(H,28,30);(H,6,7)/t21-,23-;/m1./s1. The molecule has 0 unspecified atom stereocenters. The summed E-state index contributed by atoms with van der Waals surface area (Å²) in [6, 6.07) is 16.7. The molecule has 0 aliphatic heterocycles. The van der Waals surface area contributed by atoms with Crippen LogP contribution in [0, 0.1) is 12.8 Å². The molecule has 39 heavy (non-hydrogen) atoms. The number of amides is 2. The lowest BCUT2D eigenvalue weighted by atomic mass is 9.84. The Kier molecular flexibility index (Phi) is 9.83. The Hall–Kier alpha value is -4.19. The Morgan fingerprint density at radius 3 is 2.33 bits per heavy atom. The number of carboxylic acids is 1. The molecule has 0 bridgehead atoms. The van der Waals surface area contributed by atoms with Gasteiger partial charge >= 0.3 is 12.1 Å². The van der Waals surface area contributed by atoms with Crippen LogP contribution in [0.1, 0.15) is 47.3 Å². The van der Waals surface area contributed by atoms with Gasteiger partial charge in [0.15, 0.2) is 0 Å². The Morgan fingerprint density at radius 1 is 1.05 bits per heavy atom. The number of hydroxylamine groups is 1. The molecule has 3 aromatic rings. The molecule has 2 atom stereocenters. The summed E-state index contributed by atoms with van der Waals surface area (Å²) < 4.78 is 37.7. The van der Waals surface area contributed by atoms with Crippen LogP contribution in [0.2, 0.25) is 0 Å². The van der Waals surface area contributed by atoms with E-state index in [1.54, 1.807) is 29.7 Å². The third kappa shape index (κ3) is 8.14. The van der Waals surface area contributed by atoms with Gasteiger partial charge in [0.05, 0.1) is 11.4 Å². The van der Waals surface area contributed by atoms with Crippen LogP contribution in [-0.2, 0) is 16.2 Å². The SMILES string of the molecule is Cc1cc(COc2ccc(C(=O)N[C@@H]3CCCC[C@H]3C(=O)NO)cc2)c2ccccc2n1.O=C(O)C(F)(F)F. The van der Waals surface area contributed by atoms with Crippen molar-refractivity contribution in [2.75, 3.05) is 0 Å². The van der Waals surface area contributed by atoms with Gasteiger partial charge in [0.2, 0.25) is 5.91 Å². The highest BCUT2D eigenvalue weighted by molar-refractivity contribution is 5.95. The van der Waals surface area contributed by atoms with Crippen molar-refractivity contribution >= 4 is 28.7 Å². The second kappa shape index (κ2) is 13.1. The Morgan fingerprint density at radius 2 is 1.69 bits per heavy atom. The van der Waals surface area contributed by atoms with Gasteiger partial charge in [-0.2, -0.15) is 13.2 Å². The summed E-state index contributed by atoms with van der Waals surface area (Å²) >= 11 is 0. The number of benzene rings is 2. The number of aryl methyl sites for hydroxylation is 1. The molecule has 2 amide bonds. The zero-order valence-electron chi connectivity index (χ0n) is 21.0. The molecule has 1 aromatic heterocycles. The van der Waals surface area contributed by atoms with E-state index in [1.807, 2.05) is 37.3 Å². The van der Waals surface area contributed by atoms with Crippen LogP contribution < -0.4 is 15.5 Å². The van der Waals surface area contributed by atoms with Crippen molar-refractivity contribution in [1.29, 1.82) is 0 Å². The number of nitrogens with one attached hydrogen (secondary N) is 2. The highest BCUT2D eigenvalue weighted by atomic mass is 19.4. The molecule has 9 nitrogen and oxygen atoms in total. The van der Waals surface area contributed by atoms with Gasteiger partial charge in [0.25, 0.3) is 5.91 Å². The van der Waals surface area contributed by atoms with Crippen molar-refractivity contribution in [2.45, 2.75) is 51.4 Å². The Labute approximate surface area is 222 Å². The number of pyridine rings is 1. The second-order valence-electron chi connectivity index (χ2n) is 9.00. The summed E-state index contributed by atoms with van der Waals surface area (Å²) in [5.41, 5.74) is 5.14. The highest BCUT2D eigenvalue weighted by Gasteiger charge is 2.38. The van der Waals surface area contributed by atoms with Crippen LogP contribution in [0.15, 0.2) is 54.6 Å². The normalized spacial score (nSPS) is 16.9. The van der Waals surface area contributed by atoms with Crippen molar-refractivity contribution in [2.24, 2.45) is 5.92 Å². The van der Waals surface area contributed by atoms with Crippen molar-refractivity contribution in [1.82, 2.24) is 15.8 Å². The van der Waals surface area contributed by atoms with Gasteiger partial charge < -0.3 is 15.2 Å². The van der Waals surface area contributed by atoms with E-state index in [0.29, 0.717) is 30.8 Å². The summed E-state index contributed by atoms with van der Waals surface area (Å²) in [5, 5.41) is 20.1. The third-order valence-corrected chi connectivity index (χ3v) is 6.21. The number of nitrogens with zero attached hydrogens (tertiary/aromatic N) is 1. The number of hydrogen-bond donors (Lipinski definition) is 4. The lowest BCUT2D eigenvalue weighted by Crippen LogP contribution is -2.47. The number of para-hydroxylation sites is 1. The first-order chi connectivity index (χ1) is 18.5. The first kappa shape index (κ1) is 29.4. The number of alkyl halides is 3. The first-order valence-electron chi connectivity index (χ1n) is 12.1. The molecule has 0 radical (unpaired) electrons. The maximum Gasteiger partial charge on any atom is 0.490 e. The van der Waals surface area contributed by atoms with Gasteiger partial charge in [-0.15, -0.1) is 0 Å². The summed E-state index contributed by atoms with van der Waals surface area (Å²) in [4.78, 5) is 38.0. The van der Waals surface area contributed by atoms with E-state index in [1.165, 1.54) is 0 Å². The molecule has 1 saturated carbocycles. The Balaban J connectivity index is 0.000000532. The number of carboxylic acid groups (broad SMARTS) is 1. The van der Waals surface area contributed by atoms with E-state index in [9.17, 15) is 22.8 Å². The van der Waals surface area contributed by atoms with E-state index < -0.39 is 24.0 Å². The van der Waals surface area contributed by atoms with E-state index in [-0.39, 0.29) is 11.9 Å². The predicted octanol–water partition coefficient (Wildman–Crippen LogP) is 4.55. The summed E-state index contributed by atoms with van der Waals surface area (Å²) in [6.45, 7) is 2.36. The minimum absolute atomic E-state index is 0.241. The molecule has 1 heterocycles. The fraction of sp³-hybridized carbons (Fsp3) is 0.333. The van der Waals surface area contributed by atoms with Crippen molar-refractivity contribution in [3.8, 4) is 5.75 Å². The number of carbonyl (C=O) groups is 3. The maximum absolute atomic E-state index is 12.7. The molecule has 4 rings (SSSR count). The second-order valence-corrected chi connectivity index (χ2v) is 9.00. The van der Waals surface area contributed by atoms with Crippen molar-refractivity contribution in [3.63, 3.8) is 0 Å². The number of hydrogen-bond acceptors (Lipinski definition) is 6. The van der Waals surface area contributed by atoms with Gasteiger partial charge in [-0.05, 0) is 56.2 Å². The fourth-order valence-corrected chi connectivity index (χ4v) is 4.33. The number of halogens is 3. The van der Waals surface area contributed by atoms with Gasteiger partial charge in [0, 0.05) is 28.2 Å². The first-order valence-corrected chi connectivity index (χ1v) is 12.1. The van der Waals surface area contributed by atoms with E-state index in [4.69, 9.17) is 19.8 Å². The molecule has 1 aliphatic rings. The summed E-state index contributed by atoms with van der Waals surface area (Å²) in [5.74, 6) is -3.20. The predicted molar refractivity (Wildman–Crippen MR) is 134 cm³/mol. The zero-order valence-corrected chi connectivity index (χ0v) is 21.0. The molecule has 2 aromatic carbocycles. The van der Waals surface area contributed by atoms with Crippen LogP contribution in [-0.4, -0.2) is 45.3 Å². The molecule has 1 fully saturated rings. The van der Waals surface area contributed by atoms with Gasteiger partial charge in [-0.25, -0.2) is 10.3 Å². The van der Waals surface area contributed by atoms with E-state index in [0.717, 1.165) is 35.0 Å². The monoisotopic (exact) mass is 547 g/mol. The summed E-state index contributed by atoms with van der Waals surface area (Å²) in [7, 11) is 0. The van der Waals surface area contributed by atoms with E-state index in [2.05, 4.69) is 10.3 Å². The highest BCUT2D eigenvalue weighted by Crippen LogP contribution is 2.25. The lowest BCUT2D eigenvalue weighted by molar-refractivity contribution is -0.192. The summed E-state index contributed by atoms with van der Waals surface area (Å²) in [6.07, 6.45) is -1.88. The molecule has 12 heteroatoms. The van der Waals surface area contributed by atoms with E-state index >= 15 is 0 Å². The largest absolute Gasteiger partial charge is 0.490 e.